The highest BCUT2D eigenvalue weighted by Gasteiger charge is 2.30. The highest BCUT2D eigenvalue weighted by Crippen LogP contribution is 2.23. The lowest BCUT2D eigenvalue weighted by molar-refractivity contribution is -0.139. The van der Waals surface area contributed by atoms with E-state index in [1.165, 1.54) is 4.90 Å². The lowest BCUT2D eigenvalue weighted by Crippen LogP contribution is -2.51. The monoisotopic (exact) mass is 465 g/mol. The molecular formula is C22H28ClN3O4S. The molecule has 2 rings (SSSR count). The summed E-state index contributed by atoms with van der Waals surface area (Å²) >= 11 is 6.27. The summed E-state index contributed by atoms with van der Waals surface area (Å²) in [5.41, 5.74) is 1.80. The first-order valence-corrected chi connectivity index (χ1v) is 12.1. The highest BCUT2D eigenvalue weighted by molar-refractivity contribution is 7.92. The summed E-state index contributed by atoms with van der Waals surface area (Å²) in [5, 5.41) is 3.17. The van der Waals surface area contributed by atoms with Gasteiger partial charge in [0.05, 0.1) is 11.9 Å². The van der Waals surface area contributed by atoms with Crippen LogP contribution >= 0.6 is 11.6 Å². The number of amides is 2. The van der Waals surface area contributed by atoms with Crippen LogP contribution in [0, 0.1) is 6.92 Å². The number of rotatable bonds is 9. The minimum atomic E-state index is -3.75. The maximum Gasteiger partial charge on any atom is 0.244 e. The molecule has 0 radical (unpaired) electrons. The van der Waals surface area contributed by atoms with Gasteiger partial charge in [-0.25, -0.2) is 8.42 Å². The predicted molar refractivity (Wildman–Crippen MR) is 124 cm³/mol. The molecule has 0 heterocycles. The Kier molecular flexibility index (Phi) is 8.47. The molecule has 0 spiro atoms. The van der Waals surface area contributed by atoms with Crippen molar-refractivity contribution >= 4 is 39.1 Å². The van der Waals surface area contributed by atoms with E-state index in [4.69, 9.17) is 11.6 Å². The smallest absolute Gasteiger partial charge is 0.244 e. The molecule has 0 aromatic heterocycles. The van der Waals surface area contributed by atoms with Gasteiger partial charge < -0.3 is 10.2 Å². The van der Waals surface area contributed by atoms with Crippen LogP contribution in [0.1, 0.15) is 25.0 Å². The summed E-state index contributed by atoms with van der Waals surface area (Å²) < 4.78 is 26.1. The maximum atomic E-state index is 13.3. The normalized spacial score (nSPS) is 12.2. The minimum absolute atomic E-state index is 0.0716. The summed E-state index contributed by atoms with van der Waals surface area (Å²) in [6, 6.07) is 13.1. The van der Waals surface area contributed by atoms with Gasteiger partial charge in [0.15, 0.2) is 0 Å². The molecular weight excluding hydrogens is 438 g/mol. The van der Waals surface area contributed by atoms with Crippen molar-refractivity contribution < 1.29 is 18.0 Å². The van der Waals surface area contributed by atoms with Gasteiger partial charge in [0.1, 0.15) is 12.6 Å². The zero-order valence-corrected chi connectivity index (χ0v) is 19.7. The third-order valence-corrected chi connectivity index (χ3v) is 6.38. The van der Waals surface area contributed by atoms with Crippen LogP contribution in [0.3, 0.4) is 0 Å². The molecule has 0 aliphatic carbocycles. The Hall–Kier alpha value is -2.58. The van der Waals surface area contributed by atoms with E-state index in [0.29, 0.717) is 22.8 Å². The van der Waals surface area contributed by atoms with E-state index in [-0.39, 0.29) is 12.5 Å². The number of hydrogen-bond donors (Lipinski definition) is 1. The zero-order chi connectivity index (χ0) is 23.2. The summed E-state index contributed by atoms with van der Waals surface area (Å²) in [6.45, 7) is 5.22. The Labute approximate surface area is 189 Å². The Balaban J connectivity index is 2.41. The Morgan fingerprint density at radius 2 is 1.71 bits per heavy atom. The van der Waals surface area contributed by atoms with Gasteiger partial charge in [-0.2, -0.15) is 0 Å². The van der Waals surface area contributed by atoms with Gasteiger partial charge in [-0.05, 0) is 44.0 Å². The van der Waals surface area contributed by atoms with Gasteiger partial charge in [0.25, 0.3) is 0 Å². The SMILES string of the molecule is CCNC(=O)[C@H](C)N(Cc1ccccc1Cl)C(=O)CN(c1ccccc1C)S(C)(=O)=O. The number of likely N-dealkylation sites (N-methyl/N-ethyl adjacent to an activating group) is 1. The molecule has 1 atom stereocenters. The molecule has 2 amide bonds. The van der Waals surface area contributed by atoms with Crippen molar-refractivity contribution in [3.63, 3.8) is 0 Å². The molecule has 9 heteroatoms. The number of carbonyl (C=O) groups is 2. The number of hydrogen-bond acceptors (Lipinski definition) is 4. The summed E-state index contributed by atoms with van der Waals surface area (Å²) in [7, 11) is -3.75. The van der Waals surface area contributed by atoms with Crippen LogP contribution in [-0.2, 0) is 26.2 Å². The third-order valence-electron chi connectivity index (χ3n) is 4.88. The Morgan fingerprint density at radius 1 is 1.10 bits per heavy atom. The van der Waals surface area contributed by atoms with Gasteiger partial charge >= 0.3 is 0 Å². The van der Waals surface area contributed by atoms with Crippen molar-refractivity contribution in [1.82, 2.24) is 10.2 Å². The number of nitrogens with zero attached hydrogens (tertiary/aromatic N) is 2. The molecule has 0 unspecified atom stereocenters. The fraction of sp³-hybridized carbons (Fsp3) is 0.364. The molecule has 0 saturated heterocycles. The largest absolute Gasteiger partial charge is 0.355 e. The van der Waals surface area contributed by atoms with E-state index in [1.54, 1.807) is 69.3 Å². The Morgan fingerprint density at radius 3 is 2.29 bits per heavy atom. The summed E-state index contributed by atoms with van der Waals surface area (Å²) in [5.74, 6) is -0.836. The molecule has 0 bridgehead atoms. The lowest BCUT2D eigenvalue weighted by Gasteiger charge is -2.32. The fourth-order valence-corrected chi connectivity index (χ4v) is 4.26. The van der Waals surface area contributed by atoms with Crippen LogP contribution in [0.5, 0.6) is 0 Å². The molecule has 0 fully saturated rings. The van der Waals surface area contributed by atoms with Crippen molar-refractivity contribution in [2.24, 2.45) is 0 Å². The van der Waals surface area contributed by atoms with Crippen LogP contribution in [0.25, 0.3) is 0 Å². The first kappa shape index (κ1) is 24.7. The second kappa shape index (κ2) is 10.6. The summed E-state index contributed by atoms with van der Waals surface area (Å²) in [4.78, 5) is 27.2. The van der Waals surface area contributed by atoms with Crippen LogP contribution in [0.4, 0.5) is 5.69 Å². The summed E-state index contributed by atoms with van der Waals surface area (Å²) in [6.07, 6.45) is 1.05. The van der Waals surface area contributed by atoms with Crippen molar-refractivity contribution in [3.8, 4) is 0 Å². The average Bonchev–Trinajstić information content (AvgIpc) is 2.71. The molecule has 0 aliphatic heterocycles. The van der Waals surface area contributed by atoms with E-state index in [2.05, 4.69) is 5.32 Å². The van der Waals surface area contributed by atoms with Crippen molar-refractivity contribution in [3.05, 3.63) is 64.7 Å². The second-order valence-electron chi connectivity index (χ2n) is 7.24. The van der Waals surface area contributed by atoms with E-state index in [9.17, 15) is 18.0 Å². The topological polar surface area (TPSA) is 86.8 Å². The van der Waals surface area contributed by atoms with E-state index in [0.717, 1.165) is 16.1 Å². The lowest BCUT2D eigenvalue weighted by atomic mass is 10.1. The number of halogens is 1. The van der Waals surface area contributed by atoms with E-state index in [1.807, 2.05) is 0 Å². The number of benzene rings is 2. The fourth-order valence-electron chi connectivity index (χ4n) is 3.15. The zero-order valence-electron chi connectivity index (χ0n) is 18.1. The second-order valence-corrected chi connectivity index (χ2v) is 9.55. The number of carbonyl (C=O) groups excluding carboxylic acids is 2. The number of para-hydroxylation sites is 1. The number of anilines is 1. The number of sulfonamides is 1. The van der Waals surface area contributed by atoms with E-state index < -0.39 is 28.5 Å². The maximum absolute atomic E-state index is 13.3. The molecule has 2 aromatic rings. The van der Waals surface area contributed by atoms with Crippen LogP contribution < -0.4 is 9.62 Å². The Bertz CT molecular complexity index is 1040. The molecule has 0 aliphatic rings. The van der Waals surface area contributed by atoms with Crippen LogP contribution in [-0.4, -0.2) is 50.5 Å². The number of aryl methyl sites for hydroxylation is 1. The van der Waals surface area contributed by atoms with Gasteiger partial charge in [-0.3, -0.25) is 13.9 Å². The van der Waals surface area contributed by atoms with Gasteiger partial charge in [0.2, 0.25) is 21.8 Å². The van der Waals surface area contributed by atoms with Crippen molar-refractivity contribution in [1.29, 1.82) is 0 Å². The first-order chi connectivity index (χ1) is 14.6. The molecule has 168 valence electrons. The van der Waals surface area contributed by atoms with E-state index >= 15 is 0 Å². The standard InChI is InChI=1S/C22H28ClN3O4S/c1-5-24-22(28)17(3)25(14-18-11-7-8-12-19(18)23)21(27)15-26(31(4,29)30)20-13-9-6-10-16(20)2/h6-13,17H,5,14-15H2,1-4H3,(H,24,28)/t17-/m0/s1. The van der Waals surface area contributed by atoms with Crippen molar-refractivity contribution in [2.75, 3.05) is 23.7 Å². The molecule has 31 heavy (non-hydrogen) atoms. The quantitative estimate of drug-likeness (QED) is 0.616. The first-order valence-electron chi connectivity index (χ1n) is 9.90. The molecule has 7 nitrogen and oxygen atoms in total. The molecule has 0 saturated carbocycles. The minimum Gasteiger partial charge on any atom is -0.355 e. The highest BCUT2D eigenvalue weighted by atomic mass is 35.5. The third kappa shape index (κ3) is 6.45. The molecule has 2 aromatic carbocycles. The van der Waals surface area contributed by atoms with Gasteiger partial charge in [-0.1, -0.05) is 48.0 Å². The van der Waals surface area contributed by atoms with Crippen molar-refractivity contribution in [2.45, 2.75) is 33.4 Å². The molecule has 1 N–H and O–H groups in total. The van der Waals surface area contributed by atoms with Crippen LogP contribution in [0.15, 0.2) is 48.5 Å². The predicted octanol–water partition coefficient (Wildman–Crippen LogP) is 2.97. The number of nitrogens with one attached hydrogen (secondary N) is 1. The average molecular weight is 466 g/mol. The van der Waals surface area contributed by atoms with Crippen LogP contribution in [0.2, 0.25) is 5.02 Å². The van der Waals surface area contributed by atoms with Gasteiger partial charge in [0, 0.05) is 18.1 Å². The van der Waals surface area contributed by atoms with Gasteiger partial charge in [-0.15, -0.1) is 0 Å².